The fourth-order valence-corrected chi connectivity index (χ4v) is 3.37. The van der Waals surface area contributed by atoms with Gasteiger partial charge < -0.3 is 4.52 Å². The summed E-state index contributed by atoms with van der Waals surface area (Å²) in [5.41, 5.74) is 5.41. The number of aromatic amines is 1. The van der Waals surface area contributed by atoms with E-state index < -0.39 is 0 Å². The quantitative estimate of drug-likeness (QED) is 0.393. The number of aromatic nitrogens is 5. The Morgan fingerprint density at radius 3 is 2.20 bits per heavy atom. The number of fused-ring (bicyclic) bond motifs is 1. The third-order valence-corrected chi connectivity index (χ3v) is 4.82. The van der Waals surface area contributed by atoms with Crippen LogP contribution in [0.5, 0.6) is 0 Å². The molecule has 0 saturated heterocycles. The first-order chi connectivity index (χ1) is 14.7. The number of rotatable bonds is 4. The van der Waals surface area contributed by atoms with Crippen LogP contribution < -0.4 is 0 Å². The Morgan fingerprint density at radius 1 is 0.833 bits per heavy atom. The minimum absolute atomic E-state index is 0.427. The summed E-state index contributed by atoms with van der Waals surface area (Å²) in [5.74, 6) is 1.03. The number of nitrogens with zero attached hydrogens (tertiary/aromatic N) is 6. The molecule has 8 nitrogen and oxygen atoms in total. The second kappa shape index (κ2) is 7.32. The Labute approximate surface area is 171 Å². The molecule has 0 unspecified atom stereocenters. The third-order valence-electron chi connectivity index (χ3n) is 4.82. The zero-order valence-electron chi connectivity index (χ0n) is 16.4. The normalized spacial score (nSPS) is 11.5. The molecule has 2 aromatic carbocycles. The molecule has 5 rings (SSSR count). The molecule has 0 radical (unpaired) electrons. The molecule has 0 aliphatic heterocycles. The highest BCUT2D eigenvalue weighted by atomic mass is 16.5. The molecule has 0 aliphatic rings. The van der Waals surface area contributed by atoms with Gasteiger partial charge in [0, 0.05) is 11.1 Å². The Kier molecular flexibility index (Phi) is 4.36. The van der Waals surface area contributed by atoms with Gasteiger partial charge >= 0.3 is 0 Å². The molecule has 0 bridgehead atoms. The van der Waals surface area contributed by atoms with E-state index in [-0.39, 0.29) is 0 Å². The van der Waals surface area contributed by atoms with E-state index >= 15 is 0 Å². The number of hydrogen-bond donors (Lipinski definition) is 1. The maximum atomic E-state index is 5.17. The highest BCUT2D eigenvalue weighted by molar-refractivity contribution is 6.04. The Morgan fingerprint density at radius 2 is 1.53 bits per heavy atom. The molecule has 5 aromatic rings. The summed E-state index contributed by atoms with van der Waals surface area (Å²) in [5, 5.41) is 29.5. The second-order valence-electron chi connectivity index (χ2n) is 6.80. The summed E-state index contributed by atoms with van der Waals surface area (Å²) >= 11 is 0. The summed E-state index contributed by atoms with van der Waals surface area (Å²) in [6, 6.07) is 20.0. The maximum absolute atomic E-state index is 5.17. The van der Waals surface area contributed by atoms with Crippen LogP contribution in [0.1, 0.15) is 11.5 Å². The zero-order chi connectivity index (χ0) is 20.5. The van der Waals surface area contributed by atoms with Crippen molar-refractivity contribution in [2.45, 2.75) is 13.8 Å². The van der Waals surface area contributed by atoms with Crippen molar-refractivity contribution in [2.75, 3.05) is 0 Å². The predicted octanol–water partition coefficient (Wildman–Crippen LogP) is 5.71. The highest BCUT2D eigenvalue weighted by Gasteiger charge is 2.20. The van der Waals surface area contributed by atoms with Crippen LogP contribution in [0, 0.1) is 13.8 Å². The molecule has 0 aliphatic carbocycles. The molecule has 30 heavy (non-hydrogen) atoms. The summed E-state index contributed by atoms with van der Waals surface area (Å²) in [6.07, 6.45) is 0. The van der Waals surface area contributed by atoms with Crippen LogP contribution in [0.25, 0.3) is 33.4 Å². The molecule has 0 fully saturated rings. The first kappa shape index (κ1) is 17.9. The van der Waals surface area contributed by atoms with Gasteiger partial charge in [0.2, 0.25) is 5.82 Å². The molecule has 0 amide bonds. The summed E-state index contributed by atoms with van der Waals surface area (Å²) in [7, 11) is 0. The van der Waals surface area contributed by atoms with Crippen LogP contribution >= 0.6 is 0 Å². The van der Waals surface area contributed by atoms with Crippen molar-refractivity contribution in [3.05, 3.63) is 72.1 Å². The van der Waals surface area contributed by atoms with E-state index in [2.05, 4.69) is 35.8 Å². The number of hydrogen-bond acceptors (Lipinski definition) is 7. The van der Waals surface area contributed by atoms with Gasteiger partial charge in [-0.05, 0) is 19.4 Å². The Bertz CT molecular complexity index is 1340. The molecule has 1 N–H and O–H groups in total. The number of aryl methyl sites for hydroxylation is 2. The fraction of sp³-hybridized carbons (Fsp3) is 0.0909. The van der Waals surface area contributed by atoms with Crippen LogP contribution in [0.2, 0.25) is 0 Å². The monoisotopic (exact) mass is 395 g/mol. The first-order valence-corrected chi connectivity index (χ1v) is 9.42. The smallest absolute Gasteiger partial charge is 0.205 e. The lowest BCUT2D eigenvalue weighted by atomic mass is 9.97. The van der Waals surface area contributed by atoms with Crippen molar-refractivity contribution < 1.29 is 4.52 Å². The Hall–Kier alpha value is -4.20. The molecule has 0 saturated carbocycles. The van der Waals surface area contributed by atoms with E-state index in [4.69, 9.17) is 4.52 Å². The summed E-state index contributed by atoms with van der Waals surface area (Å²) in [4.78, 5) is 0. The molecule has 0 atom stereocenters. The summed E-state index contributed by atoms with van der Waals surface area (Å²) < 4.78 is 5.17. The van der Waals surface area contributed by atoms with E-state index in [9.17, 15) is 0 Å². The third kappa shape index (κ3) is 3.04. The average molecular weight is 395 g/mol. The van der Waals surface area contributed by atoms with Gasteiger partial charge in [-0.2, -0.15) is 5.10 Å². The van der Waals surface area contributed by atoms with Crippen molar-refractivity contribution in [1.82, 2.24) is 25.6 Å². The fourth-order valence-electron chi connectivity index (χ4n) is 3.37. The van der Waals surface area contributed by atoms with E-state index in [1.54, 1.807) is 6.92 Å². The van der Waals surface area contributed by atoms with Crippen LogP contribution in [0.15, 0.2) is 75.4 Å². The number of nitrogens with one attached hydrogen (secondary N) is 1. The van der Waals surface area contributed by atoms with Crippen molar-refractivity contribution in [3.63, 3.8) is 0 Å². The van der Waals surface area contributed by atoms with Crippen molar-refractivity contribution in [2.24, 2.45) is 10.2 Å². The van der Waals surface area contributed by atoms with E-state index in [1.165, 1.54) is 0 Å². The molecule has 0 spiro atoms. The molecular formula is C22H17N7O. The topological polar surface area (TPSA) is 105 Å². The van der Waals surface area contributed by atoms with Gasteiger partial charge in [-0.15, -0.1) is 20.4 Å². The van der Waals surface area contributed by atoms with Gasteiger partial charge in [0.05, 0.1) is 5.39 Å². The lowest BCUT2D eigenvalue weighted by molar-refractivity contribution is 0.393. The van der Waals surface area contributed by atoms with Crippen molar-refractivity contribution in [3.8, 4) is 22.4 Å². The van der Waals surface area contributed by atoms with Crippen LogP contribution in [-0.2, 0) is 0 Å². The average Bonchev–Trinajstić information content (AvgIpc) is 3.35. The van der Waals surface area contributed by atoms with Gasteiger partial charge in [0.1, 0.15) is 11.4 Å². The standard InChI is InChI=1S/C22H17N7O/c1-13-19(14(2)30-29-13)23-25-21-18-17(15-9-5-3-6-10-15)20(16-11-7-4-8-12-16)24-26-22(18)28-27-21/h3-12H,1-2H3,(H,26,27,28). The van der Waals surface area contributed by atoms with Crippen LogP contribution in [-0.4, -0.2) is 25.6 Å². The SMILES string of the molecule is Cc1noc(C)c1N=Nc1n[nH]c2nnc(-c3ccccc3)c(-c3ccccc3)c12. The van der Waals surface area contributed by atoms with Gasteiger partial charge in [-0.3, -0.25) is 5.10 Å². The summed E-state index contributed by atoms with van der Waals surface area (Å²) in [6.45, 7) is 3.62. The van der Waals surface area contributed by atoms with Crippen molar-refractivity contribution in [1.29, 1.82) is 0 Å². The molecule has 146 valence electrons. The molecule has 3 aromatic heterocycles. The molecular weight excluding hydrogens is 378 g/mol. The first-order valence-electron chi connectivity index (χ1n) is 9.42. The number of azo groups is 1. The molecule has 3 heterocycles. The Balaban J connectivity index is 1.76. The maximum Gasteiger partial charge on any atom is 0.205 e. The largest absolute Gasteiger partial charge is 0.359 e. The second-order valence-corrected chi connectivity index (χ2v) is 6.80. The van der Waals surface area contributed by atoms with Crippen molar-refractivity contribution >= 4 is 22.5 Å². The molecule has 8 heteroatoms. The van der Waals surface area contributed by atoms with Gasteiger partial charge in [0.15, 0.2) is 17.1 Å². The number of H-pyrrole nitrogens is 1. The van der Waals surface area contributed by atoms with E-state index in [0.29, 0.717) is 28.6 Å². The predicted molar refractivity (Wildman–Crippen MR) is 113 cm³/mol. The zero-order valence-corrected chi connectivity index (χ0v) is 16.4. The van der Waals surface area contributed by atoms with Gasteiger partial charge in [-0.25, -0.2) is 0 Å². The lowest BCUT2D eigenvalue weighted by Crippen LogP contribution is -1.94. The van der Waals surface area contributed by atoms with Gasteiger partial charge in [-0.1, -0.05) is 65.8 Å². The lowest BCUT2D eigenvalue weighted by Gasteiger charge is -2.10. The van der Waals surface area contributed by atoms with Gasteiger partial charge in [0.25, 0.3) is 0 Å². The minimum Gasteiger partial charge on any atom is -0.359 e. The van der Waals surface area contributed by atoms with E-state index in [1.807, 2.05) is 67.6 Å². The van der Waals surface area contributed by atoms with Crippen LogP contribution in [0.4, 0.5) is 11.5 Å². The van der Waals surface area contributed by atoms with Crippen LogP contribution in [0.3, 0.4) is 0 Å². The van der Waals surface area contributed by atoms with E-state index in [0.717, 1.165) is 27.8 Å². The highest BCUT2D eigenvalue weighted by Crippen LogP contribution is 2.39. The number of benzene rings is 2. The minimum atomic E-state index is 0.427.